The van der Waals surface area contributed by atoms with Gasteiger partial charge in [0.2, 0.25) is 15.9 Å². The second-order valence-electron chi connectivity index (χ2n) is 6.52. The SMILES string of the molecule is CCCNC(=O)CN(Cc1ccccc1Cl)S(=O)(=O)c1ccc2c(c1)OCCO2. The molecule has 0 bridgehead atoms. The number of carbonyl (C=O) groups excluding carboxylic acids is 1. The zero-order valence-corrected chi connectivity index (χ0v) is 17.6. The molecule has 0 radical (unpaired) electrons. The van der Waals surface area contributed by atoms with E-state index in [1.165, 1.54) is 12.1 Å². The molecule has 0 saturated carbocycles. The average Bonchev–Trinajstić information content (AvgIpc) is 2.72. The number of halogens is 1. The van der Waals surface area contributed by atoms with Gasteiger partial charge in [0.25, 0.3) is 0 Å². The number of hydrogen-bond donors (Lipinski definition) is 1. The predicted molar refractivity (Wildman–Crippen MR) is 110 cm³/mol. The summed E-state index contributed by atoms with van der Waals surface area (Å²) >= 11 is 6.22. The molecule has 0 aliphatic carbocycles. The van der Waals surface area contributed by atoms with E-state index in [4.69, 9.17) is 21.1 Å². The van der Waals surface area contributed by atoms with Crippen molar-refractivity contribution in [3.8, 4) is 11.5 Å². The highest BCUT2D eigenvalue weighted by molar-refractivity contribution is 7.89. The maximum absolute atomic E-state index is 13.3. The Hall–Kier alpha value is -2.29. The zero-order valence-electron chi connectivity index (χ0n) is 16.1. The fourth-order valence-electron chi connectivity index (χ4n) is 2.86. The number of amides is 1. The Labute approximate surface area is 175 Å². The first-order chi connectivity index (χ1) is 13.9. The van der Waals surface area contributed by atoms with Gasteiger partial charge in [-0.25, -0.2) is 8.42 Å². The summed E-state index contributed by atoms with van der Waals surface area (Å²) in [5.41, 5.74) is 0.610. The molecule has 1 heterocycles. The molecule has 2 aromatic rings. The van der Waals surface area contributed by atoms with Gasteiger partial charge in [-0.2, -0.15) is 4.31 Å². The van der Waals surface area contributed by atoms with Crippen LogP contribution in [0, 0.1) is 0 Å². The maximum Gasteiger partial charge on any atom is 0.243 e. The topological polar surface area (TPSA) is 84.9 Å². The summed E-state index contributed by atoms with van der Waals surface area (Å²) in [6.45, 7) is 2.81. The van der Waals surface area contributed by atoms with E-state index in [1.54, 1.807) is 30.3 Å². The first kappa shape index (κ1) is 21.4. The number of ether oxygens (including phenoxy) is 2. The Bertz CT molecular complexity index is 981. The fraction of sp³-hybridized carbons (Fsp3) is 0.350. The molecule has 0 spiro atoms. The molecule has 29 heavy (non-hydrogen) atoms. The van der Waals surface area contributed by atoms with Gasteiger partial charge < -0.3 is 14.8 Å². The standard InChI is InChI=1S/C20H23ClN2O5S/c1-2-9-22-20(24)14-23(13-15-5-3-4-6-17(15)21)29(25,26)16-7-8-18-19(12-16)28-11-10-27-18/h3-8,12H,2,9-11,13-14H2,1H3,(H,22,24). The minimum atomic E-state index is -3.99. The van der Waals surface area contributed by atoms with Crippen molar-refractivity contribution < 1.29 is 22.7 Å². The van der Waals surface area contributed by atoms with Gasteiger partial charge in [-0.1, -0.05) is 36.7 Å². The minimum absolute atomic E-state index is 0.0251. The third-order valence-corrected chi connectivity index (χ3v) is 6.50. The molecule has 9 heteroatoms. The van der Waals surface area contributed by atoms with Crippen molar-refractivity contribution in [3.05, 3.63) is 53.1 Å². The summed E-state index contributed by atoms with van der Waals surface area (Å²) in [6, 6.07) is 11.4. The number of benzene rings is 2. The monoisotopic (exact) mass is 438 g/mol. The number of hydrogen-bond acceptors (Lipinski definition) is 5. The first-order valence-electron chi connectivity index (χ1n) is 9.31. The van der Waals surface area contributed by atoms with Crippen LogP contribution in [0.3, 0.4) is 0 Å². The largest absolute Gasteiger partial charge is 0.486 e. The molecule has 156 valence electrons. The van der Waals surface area contributed by atoms with E-state index < -0.39 is 10.0 Å². The number of sulfonamides is 1. The van der Waals surface area contributed by atoms with Crippen LogP contribution in [0.2, 0.25) is 5.02 Å². The van der Waals surface area contributed by atoms with Crippen LogP contribution in [-0.2, 0) is 21.4 Å². The van der Waals surface area contributed by atoms with Crippen LogP contribution in [0.5, 0.6) is 11.5 Å². The van der Waals surface area contributed by atoms with E-state index in [-0.39, 0.29) is 23.9 Å². The molecule has 1 N–H and O–H groups in total. The third kappa shape index (κ3) is 5.20. The van der Waals surface area contributed by atoms with Gasteiger partial charge in [0.1, 0.15) is 13.2 Å². The van der Waals surface area contributed by atoms with Crippen LogP contribution in [0.1, 0.15) is 18.9 Å². The lowest BCUT2D eigenvalue weighted by atomic mass is 10.2. The van der Waals surface area contributed by atoms with Crippen molar-refractivity contribution in [2.24, 2.45) is 0 Å². The molecular weight excluding hydrogens is 416 g/mol. The molecular formula is C20H23ClN2O5S. The molecule has 1 aliphatic rings. The van der Waals surface area contributed by atoms with Crippen LogP contribution in [0.15, 0.2) is 47.4 Å². The number of fused-ring (bicyclic) bond motifs is 1. The highest BCUT2D eigenvalue weighted by atomic mass is 35.5. The van der Waals surface area contributed by atoms with Gasteiger partial charge in [-0.3, -0.25) is 4.79 Å². The van der Waals surface area contributed by atoms with Crippen molar-refractivity contribution in [1.82, 2.24) is 9.62 Å². The molecule has 0 saturated heterocycles. The van der Waals surface area contributed by atoms with Gasteiger partial charge in [-0.15, -0.1) is 0 Å². The van der Waals surface area contributed by atoms with Gasteiger partial charge in [-0.05, 0) is 30.2 Å². The van der Waals surface area contributed by atoms with Crippen LogP contribution in [0.25, 0.3) is 0 Å². The van der Waals surface area contributed by atoms with Crippen LogP contribution >= 0.6 is 11.6 Å². The highest BCUT2D eigenvalue weighted by Crippen LogP contribution is 2.33. The number of nitrogens with one attached hydrogen (secondary N) is 1. The third-order valence-electron chi connectivity index (χ3n) is 4.35. The van der Waals surface area contributed by atoms with Gasteiger partial charge >= 0.3 is 0 Å². The van der Waals surface area contributed by atoms with E-state index in [1.807, 2.05) is 6.92 Å². The lowest BCUT2D eigenvalue weighted by Crippen LogP contribution is -2.40. The molecule has 7 nitrogen and oxygen atoms in total. The van der Waals surface area contributed by atoms with Crippen molar-refractivity contribution in [3.63, 3.8) is 0 Å². The van der Waals surface area contributed by atoms with E-state index in [0.29, 0.717) is 41.8 Å². The molecule has 0 aromatic heterocycles. The lowest BCUT2D eigenvalue weighted by Gasteiger charge is -2.24. The summed E-state index contributed by atoms with van der Waals surface area (Å²) in [5, 5.41) is 3.15. The Morgan fingerprint density at radius 3 is 2.59 bits per heavy atom. The molecule has 3 rings (SSSR count). The summed E-state index contributed by atoms with van der Waals surface area (Å²) in [5.74, 6) is 0.485. The minimum Gasteiger partial charge on any atom is -0.486 e. The normalized spacial score (nSPS) is 13.3. The van der Waals surface area contributed by atoms with Crippen LogP contribution in [-0.4, -0.2) is 44.9 Å². The summed E-state index contributed by atoms with van der Waals surface area (Å²) in [7, 11) is -3.99. The highest BCUT2D eigenvalue weighted by Gasteiger charge is 2.29. The lowest BCUT2D eigenvalue weighted by molar-refractivity contribution is -0.121. The Morgan fingerprint density at radius 2 is 1.86 bits per heavy atom. The maximum atomic E-state index is 13.3. The van der Waals surface area contributed by atoms with Crippen molar-refractivity contribution in [1.29, 1.82) is 0 Å². The summed E-state index contributed by atoms with van der Waals surface area (Å²) in [6.07, 6.45) is 0.755. The van der Waals surface area contributed by atoms with Gasteiger partial charge in [0, 0.05) is 24.2 Å². The Morgan fingerprint density at radius 1 is 1.14 bits per heavy atom. The smallest absolute Gasteiger partial charge is 0.243 e. The van der Waals surface area contributed by atoms with Crippen LogP contribution in [0.4, 0.5) is 0 Å². The Balaban J connectivity index is 1.92. The number of carbonyl (C=O) groups is 1. The number of nitrogens with zero attached hydrogens (tertiary/aromatic N) is 1. The molecule has 0 fully saturated rings. The van der Waals surface area contributed by atoms with E-state index in [0.717, 1.165) is 10.7 Å². The number of rotatable bonds is 8. The molecule has 1 aliphatic heterocycles. The average molecular weight is 439 g/mol. The van der Waals surface area contributed by atoms with E-state index in [2.05, 4.69) is 5.32 Å². The molecule has 1 amide bonds. The van der Waals surface area contributed by atoms with Crippen molar-refractivity contribution in [2.45, 2.75) is 24.8 Å². The molecule has 0 atom stereocenters. The van der Waals surface area contributed by atoms with Crippen molar-refractivity contribution in [2.75, 3.05) is 26.3 Å². The van der Waals surface area contributed by atoms with E-state index >= 15 is 0 Å². The Kier molecular flexibility index (Phi) is 7.00. The molecule has 2 aromatic carbocycles. The van der Waals surface area contributed by atoms with Crippen molar-refractivity contribution >= 4 is 27.5 Å². The second kappa shape index (κ2) is 9.47. The van der Waals surface area contributed by atoms with Crippen LogP contribution < -0.4 is 14.8 Å². The second-order valence-corrected chi connectivity index (χ2v) is 8.87. The van der Waals surface area contributed by atoms with Gasteiger partial charge in [0.05, 0.1) is 11.4 Å². The molecule has 0 unspecified atom stereocenters. The quantitative estimate of drug-likeness (QED) is 0.685. The summed E-state index contributed by atoms with van der Waals surface area (Å²) < 4.78 is 38.8. The first-order valence-corrected chi connectivity index (χ1v) is 11.1. The van der Waals surface area contributed by atoms with E-state index in [9.17, 15) is 13.2 Å². The fourth-order valence-corrected chi connectivity index (χ4v) is 4.44. The predicted octanol–water partition coefficient (Wildman–Crippen LogP) is 2.83. The summed E-state index contributed by atoms with van der Waals surface area (Å²) in [4.78, 5) is 12.3. The van der Waals surface area contributed by atoms with Gasteiger partial charge in [0.15, 0.2) is 11.5 Å². The zero-order chi connectivity index (χ0) is 20.9.